The summed E-state index contributed by atoms with van der Waals surface area (Å²) in [6.07, 6.45) is -3.68. The first kappa shape index (κ1) is 9.54. The van der Waals surface area contributed by atoms with Gasteiger partial charge in [-0.25, -0.2) is 9.59 Å². The van der Waals surface area contributed by atoms with Gasteiger partial charge in [0, 0.05) is 0 Å². The van der Waals surface area contributed by atoms with Crippen molar-refractivity contribution in [3.8, 4) is 0 Å². The van der Waals surface area contributed by atoms with Crippen LogP contribution < -0.4 is 0 Å². The van der Waals surface area contributed by atoms with E-state index in [9.17, 15) is 9.59 Å². The van der Waals surface area contributed by atoms with E-state index in [1.54, 1.807) is 0 Å². The minimum absolute atomic E-state index is 0.290. The van der Waals surface area contributed by atoms with Crippen molar-refractivity contribution < 1.29 is 29.3 Å². The van der Waals surface area contributed by atoms with Crippen LogP contribution in [0.25, 0.3) is 0 Å². The van der Waals surface area contributed by atoms with Crippen LogP contribution in [0, 0.1) is 0 Å². The Morgan fingerprint density at radius 2 is 1.91 bits per heavy atom. The molecule has 0 saturated heterocycles. The number of rotatable bonds is 3. The average molecular weight is 164 g/mol. The fourth-order valence-electron chi connectivity index (χ4n) is 0.395. The van der Waals surface area contributed by atoms with Gasteiger partial charge in [0.15, 0.2) is 0 Å². The maximum Gasteiger partial charge on any atom is 0.506 e. The fourth-order valence-corrected chi connectivity index (χ4v) is 0.395. The van der Waals surface area contributed by atoms with Gasteiger partial charge in [-0.3, -0.25) is 0 Å². The lowest BCUT2D eigenvalue weighted by Crippen LogP contribution is -2.20. The molecule has 0 fully saturated rings. The monoisotopic (exact) mass is 164 g/mol. The molecular formula is C5H8O6. The second-order valence-electron chi connectivity index (χ2n) is 1.77. The molecule has 0 bridgehead atoms. The standard InChI is InChI=1S/C5H8O6/c1-3(11-5(8)9)2-10-4(6)7/h3H,2H2,1H3,(H,6,7)(H,8,9)/t3-/m0/s1. The van der Waals surface area contributed by atoms with Crippen LogP contribution in [0.1, 0.15) is 6.92 Å². The van der Waals surface area contributed by atoms with E-state index in [1.807, 2.05) is 0 Å². The van der Waals surface area contributed by atoms with E-state index < -0.39 is 18.4 Å². The Labute approximate surface area is 62.3 Å². The van der Waals surface area contributed by atoms with Crippen LogP contribution in [-0.2, 0) is 9.47 Å². The lowest BCUT2D eigenvalue weighted by atomic mass is 10.4. The molecular weight excluding hydrogens is 156 g/mol. The second-order valence-corrected chi connectivity index (χ2v) is 1.77. The van der Waals surface area contributed by atoms with E-state index in [2.05, 4.69) is 9.47 Å². The van der Waals surface area contributed by atoms with Gasteiger partial charge in [0.2, 0.25) is 0 Å². The summed E-state index contributed by atoms with van der Waals surface area (Å²) in [7, 11) is 0. The van der Waals surface area contributed by atoms with Gasteiger partial charge in [-0.05, 0) is 6.92 Å². The van der Waals surface area contributed by atoms with Crippen molar-refractivity contribution >= 4 is 12.3 Å². The molecule has 0 aromatic rings. The number of carbonyl (C=O) groups is 2. The van der Waals surface area contributed by atoms with Crippen molar-refractivity contribution in [2.45, 2.75) is 13.0 Å². The van der Waals surface area contributed by atoms with Crippen LogP contribution in [0.3, 0.4) is 0 Å². The predicted octanol–water partition coefficient (Wildman–Crippen LogP) is 0.764. The van der Waals surface area contributed by atoms with E-state index in [0.29, 0.717) is 0 Å². The predicted molar refractivity (Wildman–Crippen MR) is 32.5 cm³/mol. The molecule has 6 nitrogen and oxygen atoms in total. The van der Waals surface area contributed by atoms with Crippen molar-refractivity contribution in [3.05, 3.63) is 0 Å². The molecule has 0 spiro atoms. The Bertz CT molecular complexity index is 153. The van der Waals surface area contributed by atoms with Crippen LogP contribution in [0.5, 0.6) is 0 Å². The largest absolute Gasteiger partial charge is 0.506 e. The Morgan fingerprint density at radius 3 is 2.27 bits per heavy atom. The summed E-state index contributed by atoms with van der Waals surface area (Å²) in [6.45, 7) is 1.10. The first-order valence-electron chi connectivity index (χ1n) is 2.77. The zero-order valence-corrected chi connectivity index (χ0v) is 5.81. The van der Waals surface area contributed by atoms with E-state index in [4.69, 9.17) is 10.2 Å². The van der Waals surface area contributed by atoms with Gasteiger partial charge >= 0.3 is 12.3 Å². The number of carboxylic acid groups (broad SMARTS) is 2. The van der Waals surface area contributed by atoms with Crippen LogP contribution >= 0.6 is 0 Å². The zero-order chi connectivity index (χ0) is 8.85. The van der Waals surface area contributed by atoms with Gasteiger partial charge in [-0.15, -0.1) is 0 Å². The summed E-state index contributed by atoms with van der Waals surface area (Å²) < 4.78 is 8.16. The minimum atomic E-state index is -1.45. The summed E-state index contributed by atoms with van der Waals surface area (Å²) in [4.78, 5) is 19.6. The molecule has 2 N–H and O–H groups in total. The van der Waals surface area contributed by atoms with Gasteiger partial charge in [-0.2, -0.15) is 0 Å². The van der Waals surface area contributed by atoms with Gasteiger partial charge < -0.3 is 19.7 Å². The normalized spacial score (nSPS) is 11.7. The van der Waals surface area contributed by atoms with Gasteiger partial charge in [0.1, 0.15) is 12.7 Å². The Hall–Kier alpha value is -1.46. The summed E-state index contributed by atoms with van der Waals surface area (Å²) in [5.41, 5.74) is 0. The van der Waals surface area contributed by atoms with Crippen molar-refractivity contribution in [2.75, 3.05) is 6.61 Å². The Kier molecular flexibility index (Phi) is 3.79. The second kappa shape index (κ2) is 4.37. The third-order valence-electron chi connectivity index (χ3n) is 0.744. The quantitative estimate of drug-likeness (QED) is 0.598. The summed E-state index contributed by atoms with van der Waals surface area (Å²) >= 11 is 0. The molecule has 0 rings (SSSR count). The van der Waals surface area contributed by atoms with Crippen molar-refractivity contribution in [3.63, 3.8) is 0 Å². The van der Waals surface area contributed by atoms with Crippen LogP contribution in [-0.4, -0.2) is 35.2 Å². The molecule has 0 aliphatic carbocycles. The SMILES string of the molecule is C[C@@H](COC(=O)O)OC(=O)O. The molecule has 0 aliphatic rings. The van der Waals surface area contributed by atoms with E-state index in [-0.39, 0.29) is 6.61 Å². The number of hydrogen-bond acceptors (Lipinski definition) is 4. The van der Waals surface area contributed by atoms with E-state index >= 15 is 0 Å². The van der Waals surface area contributed by atoms with E-state index in [1.165, 1.54) is 6.92 Å². The highest BCUT2D eigenvalue weighted by Crippen LogP contribution is 1.92. The molecule has 64 valence electrons. The molecule has 0 unspecified atom stereocenters. The summed E-state index contributed by atoms with van der Waals surface area (Å²) in [6, 6.07) is 0. The van der Waals surface area contributed by atoms with Crippen molar-refractivity contribution in [1.29, 1.82) is 0 Å². The molecule has 0 heterocycles. The highest BCUT2D eigenvalue weighted by Gasteiger charge is 2.09. The molecule has 6 heteroatoms. The smallest absolute Gasteiger partial charge is 0.450 e. The Morgan fingerprint density at radius 1 is 1.36 bits per heavy atom. The van der Waals surface area contributed by atoms with E-state index in [0.717, 1.165) is 0 Å². The minimum Gasteiger partial charge on any atom is -0.450 e. The first-order chi connectivity index (χ1) is 5.02. The summed E-state index contributed by atoms with van der Waals surface area (Å²) in [5.74, 6) is 0. The van der Waals surface area contributed by atoms with Gasteiger partial charge in [-0.1, -0.05) is 0 Å². The fraction of sp³-hybridized carbons (Fsp3) is 0.600. The Balaban J connectivity index is 3.44. The van der Waals surface area contributed by atoms with Gasteiger partial charge in [0.05, 0.1) is 0 Å². The van der Waals surface area contributed by atoms with Crippen LogP contribution in [0.15, 0.2) is 0 Å². The molecule has 0 aromatic carbocycles. The topological polar surface area (TPSA) is 93.1 Å². The molecule has 0 radical (unpaired) electrons. The molecule has 1 atom stereocenters. The average Bonchev–Trinajstić information content (AvgIpc) is 1.82. The highest BCUT2D eigenvalue weighted by atomic mass is 16.7. The van der Waals surface area contributed by atoms with Crippen LogP contribution in [0.2, 0.25) is 0 Å². The maximum atomic E-state index is 9.83. The zero-order valence-electron chi connectivity index (χ0n) is 5.81. The third-order valence-corrected chi connectivity index (χ3v) is 0.744. The molecule has 0 aliphatic heterocycles. The molecule has 0 saturated carbocycles. The number of ether oxygens (including phenoxy) is 2. The molecule has 0 aromatic heterocycles. The summed E-state index contributed by atoms with van der Waals surface area (Å²) in [5, 5.41) is 16.0. The maximum absolute atomic E-state index is 9.83. The number of hydrogen-bond donors (Lipinski definition) is 2. The van der Waals surface area contributed by atoms with Crippen LogP contribution in [0.4, 0.5) is 9.59 Å². The lowest BCUT2D eigenvalue weighted by Gasteiger charge is -2.08. The van der Waals surface area contributed by atoms with Gasteiger partial charge in [0.25, 0.3) is 0 Å². The van der Waals surface area contributed by atoms with Crippen molar-refractivity contribution in [1.82, 2.24) is 0 Å². The highest BCUT2D eigenvalue weighted by molar-refractivity contribution is 5.58. The third kappa shape index (κ3) is 6.42. The lowest BCUT2D eigenvalue weighted by molar-refractivity contribution is 0.0122. The molecule has 0 amide bonds. The first-order valence-corrected chi connectivity index (χ1v) is 2.77. The molecule has 11 heavy (non-hydrogen) atoms. The van der Waals surface area contributed by atoms with Crippen molar-refractivity contribution in [2.24, 2.45) is 0 Å².